The molecular weight excluding hydrogens is 382 g/mol. The van der Waals surface area contributed by atoms with Crippen LogP contribution < -0.4 is 0 Å². The summed E-state index contributed by atoms with van der Waals surface area (Å²) in [7, 11) is 0. The molecule has 2 heteroatoms. The molecular formula is C24H16BrN. The van der Waals surface area contributed by atoms with Gasteiger partial charge in [-0.05, 0) is 46.2 Å². The first-order valence-corrected chi connectivity index (χ1v) is 9.45. The lowest BCUT2D eigenvalue weighted by Gasteiger charge is -2.06. The third-order valence-corrected chi connectivity index (χ3v) is 5.34. The fraction of sp³-hybridized carbons (Fsp3) is 0. The van der Waals surface area contributed by atoms with Crippen molar-refractivity contribution in [2.24, 2.45) is 0 Å². The van der Waals surface area contributed by atoms with E-state index < -0.39 is 0 Å². The highest BCUT2D eigenvalue weighted by Gasteiger charge is 2.15. The molecule has 0 aliphatic heterocycles. The van der Waals surface area contributed by atoms with Crippen molar-refractivity contribution in [1.29, 1.82) is 0 Å². The van der Waals surface area contributed by atoms with Gasteiger partial charge in [0.2, 0.25) is 0 Å². The molecule has 0 saturated carbocycles. The van der Waals surface area contributed by atoms with E-state index in [2.05, 4.69) is 112 Å². The number of hydrogen-bond acceptors (Lipinski definition) is 0. The van der Waals surface area contributed by atoms with Gasteiger partial charge in [-0.1, -0.05) is 82.7 Å². The normalized spacial score (nSPS) is 11.3. The summed E-state index contributed by atoms with van der Waals surface area (Å²) in [6.07, 6.45) is 0. The molecule has 1 heterocycles. The van der Waals surface area contributed by atoms with E-state index in [-0.39, 0.29) is 0 Å². The lowest BCUT2D eigenvalue weighted by Crippen LogP contribution is -1.82. The van der Waals surface area contributed by atoms with Gasteiger partial charge in [0.1, 0.15) is 0 Å². The quantitative estimate of drug-likeness (QED) is 0.319. The number of aromatic amines is 1. The molecule has 5 aromatic rings. The third-order valence-electron chi connectivity index (χ3n) is 4.84. The van der Waals surface area contributed by atoms with E-state index in [1.54, 1.807) is 0 Å². The van der Waals surface area contributed by atoms with E-state index in [1.807, 2.05) is 0 Å². The first-order valence-electron chi connectivity index (χ1n) is 8.65. The van der Waals surface area contributed by atoms with Crippen molar-refractivity contribution in [2.45, 2.75) is 0 Å². The van der Waals surface area contributed by atoms with E-state index in [0.717, 1.165) is 9.99 Å². The van der Waals surface area contributed by atoms with Crippen molar-refractivity contribution < 1.29 is 0 Å². The summed E-state index contributed by atoms with van der Waals surface area (Å²) in [5.41, 5.74) is 6.02. The van der Waals surface area contributed by atoms with Crippen molar-refractivity contribution >= 4 is 37.6 Å². The van der Waals surface area contributed by atoms with E-state index in [4.69, 9.17) is 0 Å². The van der Waals surface area contributed by atoms with Crippen molar-refractivity contribution in [1.82, 2.24) is 4.98 Å². The SMILES string of the molecule is Brc1ccc2cc3[nH]c(-c4ccccc4)c(-c4ccccc4)c3cc2c1. The van der Waals surface area contributed by atoms with Crippen molar-refractivity contribution in [3.05, 3.63) is 95.5 Å². The van der Waals surface area contributed by atoms with Gasteiger partial charge in [-0.15, -0.1) is 0 Å². The van der Waals surface area contributed by atoms with Gasteiger partial charge in [-0.2, -0.15) is 0 Å². The summed E-state index contributed by atoms with van der Waals surface area (Å²) in [5, 5.41) is 3.73. The molecule has 1 N–H and O–H groups in total. The number of rotatable bonds is 2. The molecule has 0 atom stereocenters. The number of fused-ring (bicyclic) bond motifs is 2. The van der Waals surface area contributed by atoms with Crippen LogP contribution in [0.25, 0.3) is 44.1 Å². The lowest BCUT2D eigenvalue weighted by atomic mass is 9.97. The second-order valence-corrected chi connectivity index (χ2v) is 7.41. The van der Waals surface area contributed by atoms with Crippen LogP contribution in [0.1, 0.15) is 0 Å². The average molecular weight is 398 g/mol. The summed E-state index contributed by atoms with van der Waals surface area (Å²) in [6.45, 7) is 0. The number of benzene rings is 4. The molecule has 5 rings (SSSR count). The Bertz CT molecular complexity index is 1220. The third kappa shape index (κ3) is 2.54. The molecule has 1 nitrogen and oxygen atoms in total. The zero-order chi connectivity index (χ0) is 17.5. The van der Waals surface area contributed by atoms with Gasteiger partial charge in [-0.25, -0.2) is 0 Å². The van der Waals surface area contributed by atoms with Gasteiger partial charge in [0.05, 0.1) is 5.69 Å². The van der Waals surface area contributed by atoms with E-state index in [0.29, 0.717) is 0 Å². The molecule has 0 radical (unpaired) electrons. The number of H-pyrrole nitrogens is 1. The predicted octanol–water partition coefficient (Wildman–Crippen LogP) is 7.42. The molecule has 124 valence electrons. The van der Waals surface area contributed by atoms with Crippen LogP contribution in [0.3, 0.4) is 0 Å². The maximum atomic E-state index is 3.67. The lowest BCUT2D eigenvalue weighted by molar-refractivity contribution is 1.45. The molecule has 0 fully saturated rings. The number of hydrogen-bond donors (Lipinski definition) is 1. The minimum Gasteiger partial charge on any atom is -0.354 e. The van der Waals surface area contributed by atoms with Crippen LogP contribution in [-0.2, 0) is 0 Å². The van der Waals surface area contributed by atoms with Crippen LogP contribution >= 0.6 is 15.9 Å². The molecule has 0 aliphatic carbocycles. The minimum atomic E-state index is 1.10. The second kappa shape index (κ2) is 6.15. The van der Waals surface area contributed by atoms with Crippen molar-refractivity contribution in [3.8, 4) is 22.4 Å². The molecule has 0 bridgehead atoms. The second-order valence-electron chi connectivity index (χ2n) is 6.50. The van der Waals surface area contributed by atoms with Gasteiger partial charge in [0, 0.05) is 20.9 Å². The first kappa shape index (κ1) is 15.4. The molecule has 0 aliphatic rings. The fourth-order valence-corrected chi connectivity index (χ4v) is 4.02. The van der Waals surface area contributed by atoms with E-state index in [1.165, 1.54) is 38.5 Å². The monoisotopic (exact) mass is 397 g/mol. The Balaban J connectivity index is 1.90. The number of nitrogens with one attached hydrogen (secondary N) is 1. The topological polar surface area (TPSA) is 15.8 Å². The van der Waals surface area contributed by atoms with Gasteiger partial charge >= 0.3 is 0 Å². The van der Waals surface area contributed by atoms with Gasteiger partial charge in [0.25, 0.3) is 0 Å². The molecule has 0 amide bonds. The Morgan fingerprint density at radius 2 is 1.31 bits per heavy atom. The first-order chi connectivity index (χ1) is 12.8. The molecule has 0 spiro atoms. The van der Waals surface area contributed by atoms with Crippen LogP contribution in [0.2, 0.25) is 0 Å². The van der Waals surface area contributed by atoms with Gasteiger partial charge in [-0.3, -0.25) is 0 Å². The number of halogens is 1. The Kier molecular flexibility index (Phi) is 3.65. The van der Waals surface area contributed by atoms with E-state index in [9.17, 15) is 0 Å². The Hall–Kier alpha value is -2.84. The molecule has 0 unspecified atom stereocenters. The minimum absolute atomic E-state index is 1.10. The summed E-state index contributed by atoms with van der Waals surface area (Å²) in [6, 6.07) is 32.1. The maximum Gasteiger partial charge on any atom is 0.0544 e. The van der Waals surface area contributed by atoms with Gasteiger partial charge in [0.15, 0.2) is 0 Å². The van der Waals surface area contributed by atoms with Crippen LogP contribution in [0.15, 0.2) is 95.5 Å². The largest absolute Gasteiger partial charge is 0.354 e. The number of aromatic nitrogens is 1. The van der Waals surface area contributed by atoms with Crippen LogP contribution in [-0.4, -0.2) is 4.98 Å². The molecule has 0 saturated heterocycles. The highest BCUT2D eigenvalue weighted by molar-refractivity contribution is 9.10. The summed E-state index contributed by atoms with van der Waals surface area (Å²) in [5.74, 6) is 0. The Morgan fingerprint density at radius 3 is 2.04 bits per heavy atom. The van der Waals surface area contributed by atoms with Crippen LogP contribution in [0.5, 0.6) is 0 Å². The predicted molar refractivity (Wildman–Crippen MR) is 114 cm³/mol. The van der Waals surface area contributed by atoms with Crippen molar-refractivity contribution in [3.63, 3.8) is 0 Å². The van der Waals surface area contributed by atoms with Crippen LogP contribution in [0, 0.1) is 0 Å². The van der Waals surface area contributed by atoms with Crippen LogP contribution in [0.4, 0.5) is 0 Å². The smallest absolute Gasteiger partial charge is 0.0544 e. The highest BCUT2D eigenvalue weighted by atomic mass is 79.9. The summed E-state index contributed by atoms with van der Waals surface area (Å²) in [4.78, 5) is 3.67. The standard InChI is InChI=1S/C24H16BrN/c25-20-12-11-18-15-22-21(14-19(18)13-20)23(16-7-3-1-4-8-16)24(26-22)17-9-5-2-6-10-17/h1-15,26H. The molecule has 1 aromatic heterocycles. The Morgan fingerprint density at radius 1 is 0.615 bits per heavy atom. The summed E-state index contributed by atoms with van der Waals surface area (Å²) >= 11 is 3.59. The van der Waals surface area contributed by atoms with E-state index >= 15 is 0 Å². The summed E-state index contributed by atoms with van der Waals surface area (Å²) < 4.78 is 1.10. The van der Waals surface area contributed by atoms with Crippen molar-refractivity contribution in [2.75, 3.05) is 0 Å². The average Bonchev–Trinajstić information content (AvgIpc) is 3.06. The maximum absolute atomic E-state index is 3.67. The highest BCUT2D eigenvalue weighted by Crippen LogP contribution is 2.40. The van der Waals surface area contributed by atoms with Gasteiger partial charge < -0.3 is 4.98 Å². The zero-order valence-corrected chi connectivity index (χ0v) is 15.6. The Labute approximate surface area is 160 Å². The zero-order valence-electron chi connectivity index (χ0n) is 14.0. The fourth-order valence-electron chi connectivity index (χ4n) is 3.64. The molecule has 4 aromatic carbocycles. The molecule has 26 heavy (non-hydrogen) atoms.